The van der Waals surface area contributed by atoms with Gasteiger partial charge in [-0.15, -0.1) is 0 Å². The summed E-state index contributed by atoms with van der Waals surface area (Å²) in [4.78, 5) is 0. The molecule has 1 N–H and O–H groups in total. The van der Waals surface area contributed by atoms with Gasteiger partial charge in [0.1, 0.15) is 12.4 Å². The molecular weight excluding hydrogens is 234 g/mol. The second-order valence-electron chi connectivity index (χ2n) is 4.25. The number of benzene rings is 1. The van der Waals surface area contributed by atoms with Gasteiger partial charge >= 0.3 is 0 Å². The molecule has 1 fully saturated rings. The SMILES string of the molecule is C/C=C/COc1cccc(Cl)c1CNC1CC1. The molecule has 0 aromatic heterocycles. The number of ether oxygens (including phenoxy) is 1. The smallest absolute Gasteiger partial charge is 0.125 e. The number of nitrogens with one attached hydrogen (secondary N) is 1. The van der Waals surface area contributed by atoms with E-state index in [-0.39, 0.29) is 0 Å². The Balaban J connectivity index is 2.02. The first-order chi connectivity index (χ1) is 8.31. The highest BCUT2D eigenvalue weighted by Gasteiger charge is 2.21. The van der Waals surface area contributed by atoms with E-state index in [4.69, 9.17) is 16.3 Å². The van der Waals surface area contributed by atoms with E-state index < -0.39 is 0 Å². The summed E-state index contributed by atoms with van der Waals surface area (Å²) in [5.74, 6) is 0.878. The number of rotatable bonds is 6. The number of hydrogen-bond acceptors (Lipinski definition) is 2. The molecule has 1 aliphatic rings. The Morgan fingerprint density at radius 3 is 3.00 bits per heavy atom. The average Bonchev–Trinajstić information content (AvgIpc) is 3.12. The maximum atomic E-state index is 6.21. The molecule has 1 aliphatic carbocycles. The van der Waals surface area contributed by atoms with Crippen LogP contribution in [0.5, 0.6) is 5.75 Å². The summed E-state index contributed by atoms with van der Waals surface area (Å²) in [5, 5.41) is 4.24. The third-order valence-electron chi connectivity index (χ3n) is 2.79. The van der Waals surface area contributed by atoms with Crippen molar-refractivity contribution < 1.29 is 4.74 Å². The molecule has 0 radical (unpaired) electrons. The fourth-order valence-electron chi connectivity index (χ4n) is 1.61. The second kappa shape index (κ2) is 6.08. The normalized spacial score (nSPS) is 15.4. The minimum Gasteiger partial charge on any atom is -0.489 e. The monoisotopic (exact) mass is 251 g/mol. The first kappa shape index (κ1) is 12.5. The van der Waals surface area contributed by atoms with Gasteiger partial charge in [0.2, 0.25) is 0 Å². The Morgan fingerprint density at radius 1 is 1.47 bits per heavy atom. The first-order valence-corrected chi connectivity index (χ1v) is 6.43. The van der Waals surface area contributed by atoms with Gasteiger partial charge in [-0.2, -0.15) is 0 Å². The van der Waals surface area contributed by atoms with Crippen molar-refractivity contribution in [3.05, 3.63) is 40.9 Å². The lowest BCUT2D eigenvalue weighted by Crippen LogP contribution is -2.16. The molecule has 1 saturated carbocycles. The third-order valence-corrected chi connectivity index (χ3v) is 3.15. The van der Waals surface area contributed by atoms with Gasteiger partial charge in [-0.25, -0.2) is 0 Å². The Labute approximate surface area is 108 Å². The molecule has 1 aromatic carbocycles. The summed E-state index contributed by atoms with van der Waals surface area (Å²) < 4.78 is 5.70. The highest BCUT2D eigenvalue weighted by atomic mass is 35.5. The van der Waals surface area contributed by atoms with E-state index in [9.17, 15) is 0 Å². The molecule has 0 bridgehead atoms. The Morgan fingerprint density at radius 2 is 2.29 bits per heavy atom. The fraction of sp³-hybridized carbons (Fsp3) is 0.429. The van der Waals surface area contributed by atoms with Gasteiger partial charge in [0.15, 0.2) is 0 Å². The molecule has 0 unspecified atom stereocenters. The summed E-state index contributed by atoms with van der Waals surface area (Å²) in [6.07, 6.45) is 6.52. The topological polar surface area (TPSA) is 21.3 Å². The van der Waals surface area contributed by atoms with Crippen LogP contribution in [0.15, 0.2) is 30.4 Å². The van der Waals surface area contributed by atoms with E-state index in [0.29, 0.717) is 12.6 Å². The van der Waals surface area contributed by atoms with Crippen molar-refractivity contribution in [1.82, 2.24) is 5.32 Å². The molecular formula is C14H18ClNO. The van der Waals surface area contributed by atoms with Crippen LogP contribution in [0.2, 0.25) is 5.02 Å². The molecule has 92 valence electrons. The van der Waals surface area contributed by atoms with Crippen molar-refractivity contribution in [2.24, 2.45) is 0 Å². The predicted molar refractivity (Wildman–Crippen MR) is 71.6 cm³/mol. The lowest BCUT2D eigenvalue weighted by molar-refractivity contribution is 0.357. The van der Waals surface area contributed by atoms with Crippen LogP contribution in [-0.4, -0.2) is 12.6 Å². The van der Waals surface area contributed by atoms with Gasteiger partial charge in [-0.3, -0.25) is 0 Å². The zero-order chi connectivity index (χ0) is 12.1. The molecule has 0 amide bonds. The van der Waals surface area contributed by atoms with Crippen molar-refractivity contribution >= 4 is 11.6 Å². The quantitative estimate of drug-likeness (QED) is 0.781. The first-order valence-electron chi connectivity index (χ1n) is 6.06. The van der Waals surface area contributed by atoms with Crippen LogP contribution in [0.4, 0.5) is 0 Å². The summed E-state index contributed by atoms with van der Waals surface area (Å²) in [6.45, 7) is 3.36. The van der Waals surface area contributed by atoms with Crippen LogP contribution < -0.4 is 10.1 Å². The van der Waals surface area contributed by atoms with Gasteiger partial charge in [0.25, 0.3) is 0 Å². The maximum absolute atomic E-state index is 6.21. The van der Waals surface area contributed by atoms with Crippen LogP contribution in [0, 0.1) is 0 Å². The predicted octanol–water partition coefficient (Wildman–Crippen LogP) is 3.55. The summed E-state index contributed by atoms with van der Waals surface area (Å²) in [5.41, 5.74) is 1.06. The highest BCUT2D eigenvalue weighted by molar-refractivity contribution is 6.31. The van der Waals surface area contributed by atoms with E-state index >= 15 is 0 Å². The third kappa shape index (κ3) is 3.76. The average molecular weight is 252 g/mol. The molecule has 0 heterocycles. The fourth-order valence-corrected chi connectivity index (χ4v) is 1.85. The summed E-state index contributed by atoms with van der Waals surface area (Å²) in [6, 6.07) is 6.48. The molecule has 1 aromatic rings. The van der Waals surface area contributed by atoms with Crippen molar-refractivity contribution in [1.29, 1.82) is 0 Å². The molecule has 2 rings (SSSR count). The minimum absolute atomic E-state index is 0.591. The van der Waals surface area contributed by atoms with Crippen LogP contribution in [0.1, 0.15) is 25.3 Å². The van der Waals surface area contributed by atoms with E-state index in [1.165, 1.54) is 12.8 Å². The maximum Gasteiger partial charge on any atom is 0.125 e. The van der Waals surface area contributed by atoms with Gasteiger partial charge < -0.3 is 10.1 Å². The molecule has 0 saturated heterocycles. The zero-order valence-corrected chi connectivity index (χ0v) is 10.8. The Bertz CT molecular complexity index is 399. The minimum atomic E-state index is 0.591. The summed E-state index contributed by atoms with van der Waals surface area (Å²) >= 11 is 6.21. The van der Waals surface area contributed by atoms with Crippen molar-refractivity contribution in [2.45, 2.75) is 32.4 Å². The van der Waals surface area contributed by atoms with Crippen LogP contribution in [0.3, 0.4) is 0 Å². The van der Waals surface area contributed by atoms with Crippen LogP contribution in [-0.2, 0) is 6.54 Å². The number of hydrogen-bond donors (Lipinski definition) is 1. The van der Waals surface area contributed by atoms with Gasteiger partial charge in [0, 0.05) is 23.2 Å². The van der Waals surface area contributed by atoms with Gasteiger partial charge in [-0.05, 0) is 31.9 Å². The van der Waals surface area contributed by atoms with E-state index in [1.807, 2.05) is 37.3 Å². The van der Waals surface area contributed by atoms with Crippen LogP contribution in [0.25, 0.3) is 0 Å². The van der Waals surface area contributed by atoms with Crippen molar-refractivity contribution in [2.75, 3.05) is 6.61 Å². The number of halogens is 1. The lowest BCUT2D eigenvalue weighted by atomic mass is 10.2. The Kier molecular flexibility index (Phi) is 4.46. The van der Waals surface area contributed by atoms with Crippen LogP contribution >= 0.6 is 11.6 Å². The van der Waals surface area contributed by atoms with E-state index in [2.05, 4.69) is 5.32 Å². The standard InChI is InChI=1S/C14H18ClNO/c1-2-3-9-17-14-6-4-5-13(15)12(14)10-16-11-7-8-11/h2-6,11,16H,7-10H2,1H3/b3-2+. The Hall–Kier alpha value is -0.990. The van der Waals surface area contributed by atoms with E-state index in [0.717, 1.165) is 22.9 Å². The molecule has 2 nitrogen and oxygen atoms in total. The van der Waals surface area contributed by atoms with Crippen molar-refractivity contribution in [3.63, 3.8) is 0 Å². The van der Waals surface area contributed by atoms with Gasteiger partial charge in [0.05, 0.1) is 0 Å². The van der Waals surface area contributed by atoms with E-state index in [1.54, 1.807) is 0 Å². The second-order valence-corrected chi connectivity index (χ2v) is 4.66. The summed E-state index contributed by atoms with van der Waals surface area (Å²) in [7, 11) is 0. The zero-order valence-electron chi connectivity index (χ0n) is 10.1. The molecule has 17 heavy (non-hydrogen) atoms. The highest BCUT2D eigenvalue weighted by Crippen LogP contribution is 2.28. The lowest BCUT2D eigenvalue weighted by Gasteiger charge is -2.12. The van der Waals surface area contributed by atoms with Gasteiger partial charge in [-0.1, -0.05) is 29.8 Å². The molecule has 0 atom stereocenters. The molecule has 0 aliphatic heterocycles. The van der Waals surface area contributed by atoms with Crippen molar-refractivity contribution in [3.8, 4) is 5.75 Å². The largest absolute Gasteiger partial charge is 0.489 e. The molecule has 3 heteroatoms. The molecule has 0 spiro atoms. The number of allylic oxidation sites excluding steroid dienone is 1.